The van der Waals surface area contributed by atoms with Crippen LogP contribution in [0.25, 0.3) is 0 Å². The molecule has 0 heterocycles. The summed E-state index contributed by atoms with van der Waals surface area (Å²) >= 11 is 0. The van der Waals surface area contributed by atoms with Crippen LogP contribution in [0, 0.1) is 11.6 Å². The molecule has 1 unspecified atom stereocenters. The third-order valence-electron chi connectivity index (χ3n) is 2.83. The molecule has 0 radical (unpaired) electrons. The Labute approximate surface area is 116 Å². The van der Waals surface area contributed by atoms with E-state index in [-0.39, 0.29) is 24.8 Å². The van der Waals surface area contributed by atoms with E-state index in [9.17, 15) is 18.7 Å². The molecule has 0 aromatic heterocycles. The first-order chi connectivity index (χ1) is 9.24. The van der Waals surface area contributed by atoms with Gasteiger partial charge in [-0.3, -0.25) is 10.1 Å². The lowest BCUT2D eigenvalue weighted by molar-refractivity contribution is -0.145. The fourth-order valence-corrected chi connectivity index (χ4v) is 1.83. The lowest BCUT2D eigenvalue weighted by Crippen LogP contribution is -2.53. The Kier molecular flexibility index (Phi) is 5.44. The number of carbonyl (C=O) groups is 1. The topological polar surface area (TPSA) is 58.6 Å². The third kappa shape index (κ3) is 4.45. The molecule has 0 saturated heterocycles. The van der Waals surface area contributed by atoms with Crippen molar-refractivity contribution in [1.29, 1.82) is 0 Å². The highest BCUT2D eigenvalue weighted by Crippen LogP contribution is 2.19. The minimum atomic E-state index is -1.18. The van der Waals surface area contributed by atoms with Gasteiger partial charge in [-0.05, 0) is 32.9 Å². The summed E-state index contributed by atoms with van der Waals surface area (Å²) in [5, 5.41) is 12.1. The lowest BCUT2D eigenvalue weighted by atomic mass is 9.97. The first-order valence-corrected chi connectivity index (χ1v) is 6.33. The molecule has 1 atom stereocenters. The van der Waals surface area contributed by atoms with Crippen molar-refractivity contribution in [2.75, 3.05) is 6.61 Å². The minimum Gasteiger partial charge on any atom is -0.490 e. The molecule has 0 aliphatic heterocycles. The second-order valence-electron chi connectivity index (χ2n) is 5.11. The smallest absolute Gasteiger partial charge is 0.323 e. The zero-order valence-electron chi connectivity index (χ0n) is 11.7. The molecule has 112 valence electrons. The van der Waals surface area contributed by atoms with Crippen molar-refractivity contribution >= 4 is 5.97 Å². The standard InChI is InChI=1S/C14H19F2NO3/c1-9(2)17-14(3,13(18)19)6-7-20-12-8-10(15)4-5-11(12)16/h4-5,8-9,17H,6-7H2,1-3H3,(H,18,19). The summed E-state index contributed by atoms with van der Waals surface area (Å²) in [4.78, 5) is 11.3. The van der Waals surface area contributed by atoms with E-state index in [2.05, 4.69) is 5.32 Å². The predicted molar refractivity (Wildman–Crippen MR) is 70.8 cm³/mol. The van der Waals surface area contributed by atoms with Gasteiger partial charge in [-0.1, -0.05) is 0 Å². The molecule has 2 N–H and O–H groups in total. The maximum atomic E-state index is 13.3. The molecular formula is C14H19F2NO3. The van der Waals surface area contributed by atoms with Crippen LogP contribution in [-0.2, 0) is 4.79 Å². The van der Waals surface area contributed by atoms with Crippen molar-refractivity contribution in [3.8, 4) is 5.75 Å². The molecule has 4 nitrogen and oxygen atoms in total. The molecule has 0 aliphatic rings. The Morgan fingerprint density at radius 3 is 2.65 bits per heavy atom. The summed E-state index contributed by atoms with van der Waals surface area (Å²) in [5.74, 6) is -2.53. The second kappa shape index (κ2) is 6.65. The number of carboxylic acids is 1. The maximum absolute atomic E-state index is 13.3. The zero-order chi connectivity index (χ0) is 15.3. The number of aliphatic carboxylic acids is 1. The molecule has 0 saturated carbocycles. The third-order valence-corrected chi connectivity index (χ3v) is 2.83. The van der Waals surface area contributed by atoms with Gasteiger partial charge in [0, 0.05) is 18.5 Å². The van der Waals surface area contributed by atoms with Crippen LogP contribution in [0.5, 0.6) is 5.75 Å². The molecule has 0 aliphatic carbocycles. The van der Waals surface area contributed by atoms with Gasteiger partial charge in [0.1, 0.15) is 11.4 Å². The van der Waals surface area contributed by atoms with Crippen LogP contribution in [0.1, 0.15) is 27.2 Å². The number of hydrogen-bond acceptors (Lipinski definition) is 3. The normalized spacial score (nSPS) is 14.1. The Morgan fingerprint density at radius 1 is 1.45 bits per heavy atom. The molecule has 0 fully saturated rings. The first kappa shape index (κ1) is 16.4. The highest BCUT2D eigenvalue weighted by atomic mass is 19.1. The van der Waals surface area contributed by atoms with Crippen LogP contribution >= 0.6 is 0 Å². The molecule has 1 aromatic carbocycles. The fraction of sp³-hybridized carbons (Fsp3) is 0.500. The number of carboxylic acid groups (broad SMARTS) is 1. The Morgan fingerprint density at radius 2 is 2.10 bits per heavy atom. The van der Waals surface area contributed by atoms with Gasteiger partial charge in [-0.25, -0.2) is 8.78 Å². The predicted octanol–water partition coefficient (Wildman–Crippen LogP) is 2.58. The Balaban J connectivity index is 2.65. The molecular weight excluding hydrogens is 268 g/mol. The second-order valence-corrected chi connectivity index (χ2v) is 5.11. The average Bonchev–Trinajstić information content (AvgIpc) is 2.32. The van der Waals surface area contributed by atoms with Crippen molar-refractivity contribution in [3.63, 3.8) is 0 Å². The minimum absolute atomic E-state index is 0.0259. The number of hydrogen-bond donors (Lipinski definition) is 2. The van der Waals surface area contributed by atoms with Gasteiger partial charge in [0.2, 0.25) is 0 Å². The average molecular weight is 287 g/mol. The van der Waals surface area contributed by atoms with Crippen LogP contribution < -0.4 is 10.1 Å². The van der Waals surface area contributed by atoms with E-state index in [1.54, 1.807) is 0 Å². The quantitative estimate of drug-likeness (QED) is 0.809. The monoisotopic (exact) mass is 287 g/mol. The van der Waals surface area contributed by atoms with E-state index in [1.165, 1.54) is 6.92 Å². The highest BCUT2D eigenvalue weighted by molar-refractivity contribution is 5.78. The Hall–Kier alpha value is -1.69. The highest BCUT2D eigenvalue weighted by Gasteiger charge is 2.33. The van der Waals surface area contributed by atoms with Crippen LogP contribution in [0.4, 0.5) is 8.78 Å². The van der Waals surface area contributed by atoms with E-state index in [0.29, 0.717) is 0 Å². The van der Waals surface area contributed by atoms with Crippen molar-refractivity contribution in [3.05, 3.63) is 29.8 Å². The van der Waals surface area contributed by atoms with Gasteiger partial charge in [0.05, 0.1) is 6.61 Å². The molecule has 1 aromatic rings. The number of nitrogens with one attached hydrogen (secondary N) is 1. The molecule has 6 heteroatoms. The van der Waals surface area contributed by atoms with Crippen molar-refractivity contribution in [1.82, 2.24) is 5.32 Å². The largest absolute Gasteiger partial charge is 0.490 e. The van der Waals surface area contributed by atoms with E-state index >= 15 is 0 Å². The summed E-state index contributed by atoms with van der Waals surface area (Å²) in [7, 11) is 0. The summed E-state index contributed by atoms with van der Waals surface area (Å²) in [6, 6.07) is 2.86. The SMILES string of the molecule is CC(C)NC(C)(CCOc1cc(F)ccc1F)C(=O)O. The van der Waals surface area contributed by atoms with Crippen molar-refractivity contribution in [2.45, 2.75) is 38.8 Å². The van der Waals surface area contributed by atoms with E-state index in [0.717, 1.165) is 18.2 Å². The summed E-state index contributed by atoms with van der Waals surface area (Å²) < 4.78 is 31.4. The van der Waals surface area contributed by atoms with Gasteiger partial charge >= 0.3 is 5.97 Å². The molecule has 0 spiro atoms. The molecule has 20 heavy (non-hydrogen) atoms. The summed E-state index contributed by atoms with van der Waals surface area (Å²) in [6.07, 6.45) is 0.121. The van der Waals surface area contributed by atoms with Gasteiger partial charge in [0.25, 0.3) is 0 Å². The van der Waals surface area contributed by atoms with Gasteiger partial charge in [-0.15, -0.1) is 0 Å². The van der Waals surface area contributed by atoms with Crippen LogP contribution in [0.15, 0.2) is 18.2 Å². The Bertz CT molecular complexity index is 479. The van der Waals surface area contributed by atoms with Gasteiger partial charge in [-0.2, -0.15) is 0 Å². The van der Waals surface area contributed by atoms with Crippen LogP contribution in [0.2, 0.25) is 0 Å². The summed E-state index contributed by atoms with van der Waals surface area (Å²) in [6.45, 7) is 5.14. The van der Waals surface area contributed by atoms with Gasteiger partial charge < -0.3 is 9.84 Å². The first-order valence-electron chi connectivity index (χ1n) is 6.33. The van der Waals surface area contributed by atoms with E-state index < -0.39 is 23.1 Å². The maximum Gasteiger partial charge on any atom is 0.323 e. The molecule has 0 amide bonds. The number of ether oxygens (including phenoxy) is 1. The van der Waals surface area contributed by atoms with Crippen molar-refractivity contribution in [2.24, 2.45) is 0 Å². The summed E-state index contributed by atoms with van der Waals surface area (Å²) in [5.41, 5.74) is -1.18. The van der Waals surface area contributed by atoms with Gasteiger partial charge in [0.15, 0.2) is 11.6 Å². The molecule has 0 bridgehead atoms. The number of benzene rings is 1. The van der Waals surface area contributed by atoms with E-state index in [4.69, 9.17) is 4.74 Å². The van der Waals surface area contributed by atoms with Crippen LogP contribution in [0.3, 0.4) is 0 Å². The molecule has 1 rings (SSSR count). The lowest BCUT2D eigenvalue weighted by Gasteiger charge is -2.28. The van der Waals surface area contributed by atoms with Crippen molar-refractivity contribution < 1.29 is 23.4 Å². The van der Waals surface area contributed by atoms with E-state index in [1.807, 2.05) is 13.8 Å². The van der Waals surface area contributed by atoms with Crippen LogP contribution in [-0.4, -0.2) is 29.3 Å². The number of rotatable bonds is 7. The zero-order valence-corrected chi connectivity index (χ0v) is 11.7. The fourth-order valence-electron chi connectivity index (χ4n) is 1.83. The number of halogens is 2.